The molecule has 0 radical (unpaired) electrons. The quantitative estimate of drug-likeness (QED) is 0.195. The maximum atomic E-state index is 9.38. The number of rotatable bonds is 3. The zero-order valence-corrected chi connectivity index (χ0v) is 25.2. The van der Waals surface area contributed by atoms with Crippen molar-refractivity contribution in [3.8, 4) is 39.7 Å². The Morgan fingerprint density at radius 1 is 0.545 bits per heavy atom. The lowest BCUT2D eigenvalue weighted by Crippen LogP contribution is -2.23. The van der Waals surface area contributed by atoms with Crippen molar-refractivity contribution in [3.63, 3.8) is 0 Å². The van der Waals surface area contributed by atoms with Gasteiger partial charge >= 0.3 is 0 Å². The molecule has 44 heavy (non-hydrogen) atoms. The van der Waals surface area contributed by atoms with Gasteiger partial charge in [0.1, 0.15) is 0 Å². The zero-order chi connectivity index (χ0) is 29.8. The lowest BCUT2D eigenvalue weighted by atomic mass is 9.77. The summed E-state index contributed by atoms with van der Waals surface area (Å²) in [6.07, 6.45) is 0. The number of hydrogen-bond acceptors (Lipinski definition) is 4. The molecule has 2 aromatic heterocycles. The molecule has 0 unspecified atom stereocenters. The van der Waals surface area contributed by atoms with Gasteiger partial charge in [-0.15, -0.1) is 0 Å². The van der Waals surface area contributed by atoms with Gasteiger partial charge in [0.05, 0.1) is 34.1 Å². The molecule has 0 bridgehead atoms. The molecule has 3 heterocycles. The summed E-state index contributed by atoms with van der Waals surface area (Å²) in [5.74, 6) is 0. The van der Waals surface area contributed by atoms with Crippen molar-refractivity contribution < 1.29 is 0 Å². The summed E-state index contributed by atoms with van der Waals surface area (Å²) >= 11 is 1.86. The van der Waals surface area contributed by atoms with E-state index in [1.807, 2.05) is 42.1 Å². The standard InChI is InChI=1S/C40H27N3S/c1-40(2)32-11-3-4-12-36(32)44-37-20-17-29(23-33(37)40)28-8-6-10-31(22-28)35-19-16-27-14-13-26-15-18-34(42-38(26)39(27)43-35)30-9-5-7-25(21-30)24-41/h3-23H,1-2H3. The van der Waals surface area contributed by atoms with Crippen molar-refractivity contribution in [2.75, 3.05) is 0 Å². The fourth-order valence-electron chi connectivity index (χ4n) is 6.32. The summed E-state index contributed by atoms with van der Waals surface area (Å²) in [5, 5.41) is 11.5. The molecule has 5 aromatic carbocycles. The van der Waals surface area contributed by atoms with Gasteiger partial charge in [-0.3, -0.25) is 0 Å². The number of fused-ring (bicyclic) bond motifs is 5. The lowest BCUT2D eigenvalue weighted by Gasteiger charge is -2.34. The topological polar surface area (TPSA) is 49.6 Å². The summed E-state index contributed by atoms with van der Waals surface area (Å²) in [4.78, 5) is 12.9. The molecule has 7 aromatic rings. The van der Waals surface area contributed by atoms with Crippen LogP contribution in [0.5, 0.6) is 0 Å². The van der Waals surface area contributed by atoms with Gasteiger partial charge in [-0.2, -0.15) is 5.26 Å². The van der Waals surface area contributed by atoms with E-state index in [2.05, 4.69) is 117 Å². The minimum atomic E-state index is -0.0759. The molecule has 0 spiro atoms. The van der Waals surface area contributed by atoms with Crippen LogP contribution in [0.2, 0.25) is 0 Å². The van der Waals surface area contributed by atoms with E-state index in [-0.39, 0.29) is 5.41 Å². The van der Waals surface area contributed by atoms with Gasteiger partial charge < -0.3 is 0 Å². The van der Waals surface area contributed by atoms with Crippen LogP contribution < -0.4 is 0 Å². The fraction of sp³-hybridized carbons (Fsp3) is 0.0750. The van der Waals surface area contributed by atoms with E-state index in [0.717, 1.165) is 44.3 Å². The SMILES string of the molecule is CC1(C)c2ccccc2Sc2ccc(-c3cccc(-c4ccc5ccc6ccc(-c7cccc(C#N)c7)nc6c5n4)c3)cc21. The second-order valence-electron chi connectivity index (χ2n) is 11.8. The third kappa shape index (κ3) is 4.37. The van der Waals surface area contributed by atoms with Crippen LogP contribution in [0.1, 0.15) is 30.5 Å². The Labute approximate surface area is 260 Å². The number of nitrogens with zero attached hydrogens (tertiary/aromatic N) is 3. The minimum Gasteiger partial charge on any atom is -0.245 e. The number of pyridine rings is 2. The molecule has 0 amide bonds. The smallest absolute Gasteiger partial charge is 0.0991 e. The van der Waals surface area contributed by atoms with Gasteiger partial charge in [0.2, 0.25) is 0 Å². The molecule has 0 atom stereocenters. The van der Waals surface area contributed by atoms with Crippen molar-refractivity contribution in [3.05, 3.63) is 144 Å². The summed E-state index contributed by atoms with van der Waals surface area (Å²) in [6, 6.07) is 46.6. The Bertz CT molecular complexity index is 2310. The Balaban J connectivity index is 1.21. The molecule has 0 saturated heterocycles. The van der Waals surface area contributed by atoms with E-state index >= 15 is 0 Å². The van der Waals surface area contributed by atoms with E-state index in [0.29, 0.717) is 5.56 Å². The van der Waals surface area contributed by atoms with Gasteiger partial charge in [0, 0.05) is 37.1 Å². The number of benzene rings is 5. The largest absolute Gasteiger partial charge is 0.245 e. The van der Waals surface area contributed by atoms with E-state index in [1.54, 1.807) is 0 Å². The van der Waals surface area contributed by atoms with Crippen LogP contribution in [0.15, 0.2) is 137 Å². The molecule has 1 aliphatic heterocycles. The molecule has 0 fully saturated rings. The summed E-state index contributed by atoms with van der Waals surface area (Å²) in [5.41, 5.74) is 11.1. The lowest BCUT2D eigenvalue weighted by molar-refractivity contribution is 0.607. The Morgan fingerprint density at radius 3 is 1.86 bits per heavy atom. The molecule has 0 aliphatic carbocycles. The predicted molar refractivity (Wildman–Crippen MR) is 181 cm³/mol. The van der Waals surface area contributed by atoms with Crippen LogP contribution in [0.25, 0.3) is 55.4 Å². The first kappa shape index (κ1) is 26.4. The van der Waals surface area contributed by atoms with E-state index < -0.39 is 0 Å². The van der Waals surface area contributed by atoms with Crippen molar-refractivity contribution in [2.24, 2.45) is 0 Å². The van der Waals surface area contributed by atoms with Crippen LogP contribution in [0.4, 0.5) is 0 Å². The van der Waals surface area contributed by atoms with Gasteiger partial charge in [0.25, 0.3) is 0 Å². The van der Waals surface area contributed by atoms with Crippen LogP contribution in [0.3, 0.4) is 0 Å². The highest BCUT2D eigenvalue weighted by atomic mass is 32.2. The normalized spacial score (nSPS) is 13.3. The van der Waals surface area contributed by atoms with Crippen molar-refractivity contribution >= 4 is 33.6 Å². The van der Waals surface area contributed by atoms with Gasteiger partial charge in [0.15, 0.2) is 0 Å². The van der Waals surface area contributed by atoms with Gasteiger partial charge in [-0.05, 0) is 70.8 Å². The monoisotopic (exact) mass is 581 g/mol. The molecule has 208 valence electrons. The van der Waals surface area contributed by atoms with E-state index in [4.69, 9.17) is 9.97 Å². The van der Waals surface area contributed by atoms with Crippen LogP contribution in [-0.2, 0) is 5.41 Å². The van der Waals surface area contributed by atoms with Crippen molar-refractivity contribution in [1.82, 2.24) is 9.97 Å². The predicted octanol–water partition coefficient (Wildman–Crippen LogP) is 10.4. The van der Waals surface area contributed by atoms with Crippen molar-refractivity contribution in [2.45, 2.75) is 29.1 Å². The minimum absolute atomic E-state index is 0.0759. The molecule has 4 heteroatoms. The Morgan fingerprint density at radius 2 is 1.14 bits per heavy atom. The summed E-state index contributed by atoms with van der Waals surface area (Å²) < 4.78 is 0. The summed E-state index contributed by atoms with van der Waals surface area (Å²) in [6.45, 7) is 4.65. The molecular weight excluding hydrogens is 555 g/mol. The number of nitriles is 1. The summed E-state index contributed by atoms with van der Waals surface area (Å²) in [7, 11) is 0. The van der Waals surface area contributed by atoms with E-state index in [1.165, 1.54) is 32.0 Å². The third-order valence-electron chi connectivity index (χ3n) is 8.73. The van der Waals surface area contributed by atoms with Crippen LogP contribution >= 0.6 is 11.8 Å². The van der Waals surface area contributed by atoms with Crippen LogP contribution in [0, 0.1) is 11.3 Å². The maximum absolute atomic E-state index is 9.38. The number of hydrogen-bond donors (Lipinski definition) is 0. The number of aromatic nitrogens is 2. The zero-order valence-electron chi connectivity index (χ0n) is 24.4. The Hall–Kier alpha value is -5.24. The Kier molecular flexibility index (Phi) is 6.11. The second-order valence-corrected chi connectivity index (χ2v) is 12.9. The molecular formula is C40H27N3S. The van der Waals surface area contributed by atoms with Crippen molar-refractivity contribution in [1.29, 1.82) is 5.26 Å². The van der Waals surface area contributed by atoms with Gasteiger partial charge in [-0.25, -0.2) is 9.97 Å². The highest BCUT2D eigenvalue weighted by Gasteiger charge is 2.33. The molecule has 1 aliphatic rings. The highest BCUT2D eigenvalue weighted by Crippen LogP contribution is 2.49. The van der Waals surface area contributed by atoms with Gasteiger partial charge in [-0.1, -0.05) is 104 Å². The molecule has 0 N–H and O–H groups in total. The molecule has 8 rings (SSSR count). The average molecular weight is 582 g/mol. The molecule has 0 saturated carbocycles. The van der Waals surface area contributed by atoms with E-state index in [9.17, 15) is 5.26 Å². The second kappa shape index (κ2) is 10.2. The first-order valence-electron chi connectivity index (χ1n) is 14.7. The molecule has 3 nitrogen and oxygen atoms in total. The first-order chi connectivity index (χ1) is 21.5. The first-order valence-corrected chi connectivity index (χ1v) is 15.5. The maximum Gasteiger partial charge on any atom is 0.0991 e. The highest BCUT2D eigenvalue weighted by molar-refractivity contribution is 7.99. The third-order valence-corrected chi connectivity index (χ3v) is 9.88. The fourth-order valence-corrected chi connectivity index (χ4v) is 7.69. The average Bonchev–Trinajstić information content (AvgIpc) is 3.08. The van der Waals surface area contributed by atoms with Crippen LogP contribution in [-0.4, -0.2) is 9.97 Å².